The van der Waals surface area contributed by atoms with Crippen molar-refractivity contribution in [2.75, 3.05) is 18.1 Å². The molecule has 0 N–H and O–H groups in total. The van der Waals surface area contributed by atoms with Crippen molar-refractivity contribution in [3.05, 3.63) is 28.8 Å². The molecule has 1 aromatic carbocycles. The summed E-state index contributed by atoms with van der Waals surface area (Å²) in [6, 6.07) is 6.86. The predicted octanol–water partition coefficient (Wildman–Crippen LogP) is 2.56. The van der Waals surface area contributed by atoms with Gasteiger partial charge in [0.2, 0.25) is 0 Å². The fourth-order valence-corrected chi connectivity index (χ4v) is 1.76. The van der Waals surface area contributed by atoms with Crippen molar-refractivity contribution >= 4 is 23.4 Å². The fraction of sp³-hybridized carbons (Fsp3) is 0.273. The molecule has 1 saturated heterocycles. The van der Waals surface area contributed by atoms with E-state index >= 15 is 0 Å². The maximum atomic E-state index is 11.5. The van der Waals surface area contributed by atoms with E-state index in [0.717, 1.165) is 6.42 Å². The maximum absolute atomic E-state index is 11.5. The summed E-state index contributed by atoms with van der Waals surface area (Å²) >= 11 is 5.85. The molecule has 0 radical (unpaired) electrons. The zero-order chi connectivity index (χ0) is 11.5. The first-order valence-electron chi connectivity index (χ1n) is 4.86. The molecule has 0 unspecified atom stereocenters. The normalized spacial score (nSPS) is 15.5. The van der Waals surface area contributed by atoms with E-state index in [1.165, 1.54) is 4.90 Å². The van der Waals surface area contributed by atoms with E-state index in [1.54, 1.807) is 18.2 Å². The van der Waals surface area contributed by atoms with Crippen LogP contribution in [0.3, 0.4) is 0 Å². The first-order chi connectivity index (χ1) is 7.72. The van der Waals surface area contributed by atoms with E-state index in [-0.39, 0.29) is 0 Å². The number of halogens is 1. The maximum Gasteiger partial charge on any atom is 0.414 e. The SMILES string of the molecule is N#Cc1ccc(Cl)cc1N1CCCOC1=O. The van der Waals surface area contributed by atoms with E-state index in [0.29, 0.717) is 29.4 Å². The number of hydrogen-bond donors (Lipinski definition) is 0. The van der Waals surface area contributed by atoms with E-state index in [4.69, 9.17) is 21.6 Å². The van der Waals surface area contributed by atoms with Gasteiger partial charge < -0.3 is 4.74 Å². The molecule has 0 saturated carbocycles. The molecule has 1 aliphatic rings. The van der Waals surface area contributed by atoms with Crippen LogP contribution < -0.4 is 4.90 Å². The van der Waals surface area contributed by atoms with Gasteiger partial charge in [-0.05, 0) is 24.6 Å². The Morgan fingerprint density at radius 2 is 2.31 bits per heavy atom. The number of hydrogen-bond acceptors (Lipinski definition) is 3. The van der Waals surface area contributed by atoms with Gasteiger partial charge in [0.25, 0.3) is 0 Å². The highest BCUT2D eigenvalue weighted by Crippen LogP contribution is 2.26. The number of ether oxygens (including phenoxy) is 1. The lowest BCUT2D eigenvalue weighted by Crippen LogP contribution is -2.38. The zero-order valence-corrected chi connectivity index (χ0v) is 9.20. The number of nitrogens with zero attached hydrogens (tertiary/aromatic N) is 2. The van der Waals surface area contributed by atoms with Crippen LogP contribution in [-0.4, -0.2) is 19.2 Å². The molecule has 1 aromatic rings. The van der Waals surface area contributed by atoms with Crippen LogP contribution in [0.4, 0.5) is 10.5 Å². The lowest BCUT2D eigenvalue weighted by Gasteiger charge is -2.27. The molecule has 5 heteroatoms. The second-order valence-corrected chi connectivity index (χ2v) is 3.83. The number of carbonyl (C=O) groups is 1. The molecule has 0 spiro atoms. The van der Waals surface area contributed by atoms with Crippen molar-refractivity contribution in [3.8, 4) is 6.07 Å². The van der Waals surface area contributed by atoms with Gasteiger partial charge in [0, 0.05) is 11.6 Å². The van der Waals surface area contributed by atoms with E-state index in [2.05, 4.69) is 0 Å². The highest BCUT2D eigenvalue weighted by atomic mass is 35.5. The lowest BCUT2D eigenvalue weighted by atomic mass is 10.1. The first kappa shape index (κ1) is 10.8. The summed E-state index contributed by atoms with van der Waals surface area (Å²) in [5.41, 5.74) is 0.933. The lowest BCUT2D eigenvalue weighted by molar-refractivity contribution is 0.140. The Balaban J connectivity index is 2.42. The molecule has 82 valence electrons. The molecule has 0 bridgehead atoms. The summed E-state index contributed by atoms with van der Waals surface area (Å²) in [6.07, 6.45) is 0.327. The number of anilines is 1. The summed E-state index contributed by atoms with van der Waals surface area (Å²) in [7, 11) is 0. The minimum absolute atomic E-state index is 0.420. The summed E-state index contributed by atoms with van der Waals surface area (Å²) in [4.78, 5) is 13.0. The molecular formula is C11H9ClN2O2. The third kappa shape index (κ3) is 1.95. The molecule has 16 heavy (non-hydrogen) atoms. The van der Waals surface area contributed by atoms with E-state index in [1.807, 2.05) is 6.07 Å². The van der Waals surface area contributed by atoms with Crippen molar-refractivity contribution in [1.82, 2.24) is 0 Å². The Morgan fingerprint density at radius 3 is 3.00 bits per heavy atom. The van der Waals surface area contributed by atoms with Crippen LogP contribution in [0.2, 0.25) is 5.02 Å². The van der Waals surface area contributed by atoms with Gasteiger partial charge in [0.1, 0.15) is 6.07 Å². The summed E-state index contributed by atoms with van der Waals surface area (Å²) in [5, 5.41) is 9.45. The second kappa shape index (κ2) is 4.42. The largest absolute Gasteiger partial charge is 0.449 e. The molecule has 2 rings (SSSR count). The minimum atomic E-state index is -0.426. The first-order valence-corrected chi connectivity index (χ1v) is 5.24. The van der Waals surface area contributed by atoms with E-state index < -0.39 is 6.09 Å². The Kier molecular flexibility index (Phi) is 2.97. The van der Waals surface area contributed by atoms with Gasteiger partial charge in [0.05, 0.1) is 17.9 Å². The van der Waals surface area contributed by atoms with Crippen molar-refractivity contribution in [3.63, 3.8) is 0 Å². The quantitative estimate of drug-likeness (QED) is 0.753. The summed E-state index contributed by atoms with van der Waals surface area (Å²) in [5.74, 6) is 0. The van der Waals surface area contributed by atoms with Crippen LogP contribution in [0.25, 0.3) is 0 Å². The summed E-state index contributed by atoms with van der Waals surface area (Å²) in [6.45, 7) is 0.978. The third-order valence-electron chi connectivity index (χ3n) is 2.34. The topological polar surface area (TPSA) is 53.3 Å². The standard InChI is InChI=1S/C11H9ClN2O2/c12-9-3-2-8(7-13)10(6-9)14-4-1-5-16-11(14)15/h2-3,6H,1,4-5H2. The van der Waals surface area contributed by atoms with Gasteiger partial charge in [-0.2, -0.15) is 5.26 Å². The average Bonchev–Trinajstić information content (AvgIpc) is 2.29. The molecule has 1 fully saturated rings. The number of benzene rings is 1. The van der Waals surface area contributed by atoms with Crippen LogP contribution in [0, 0.1) is 11.3 Å². The van der Waals surface area contributed by atoms with Gasteiger partial charge in [-0.25, -0.2) is 4.79 Å². The monoisotopic (exact) mass is 236 g/mol. The fourth-order valence-electron chi connectivity index (χ4n) is 1.59. The molecule has 1 aliphatic heterocycles. The molecular weight excluding hydrogens is 228 g/mol. The molecule has 0 atom stereocenters. The average molecular weight is 237 g/mol. The Hall–Kier alpha value is -1.73. The van der Waals surface area contributed by atoms with Crippen molar-refractivity contribution < 1.29 is 9.53 Å². The van der Waals surface area contributed by atoms with Gasteiger partial charge >= 0.3 is 6.09 Å². The van der Waals surface area contributed by atoms with Crippen LogP contribution in [0.1, 0.15) is 12.0 Å². The van der Waals surface area contributed by atoms with Crippen molar-refractivity contribution in [2.45, 2.75) is 6.42 Å². The summed E-state index contributed by atoms with van der Waals surface area (Å²) < 4.78 is 4.92. The number of rotatable bonds is 1. The number of cyclic esters (lactones) is 1. The molecule has 0 aromatic heterocycles. The van der Waals surface area contributed by atoms with Crippen LogP contribution in [0.5, 0.6) is 0 Å². The molecule has 0 aliphatic carbocycles. The van der Waals surface area contributed by atoms with Gasteiger partial charge in [-0.1, -0.05) is 11.6 Å². The Labute approximate surface area is 98.0 Å². The Bertz CT molecular complexity index is 468. The van der Waals surface area contributed by atoms with Crippen LogP contribution in [-0.2, 0) is 4.74 Å². The number of amides is 1. The van der Waals surface area contributed by atoms with Gasteiger partial charge in [-0.3, -0.25) is 4.90 Å². The van der Waals surface area contributed by atoms with Crippen LogP contribution in [0.15, 0.2) is 18.2 Å². The highest BCUT2D eigenvalue weighted by Gasteiger charge is 2.23. The van der Waals surface area contributed by atoms with Crippen LogP contribution >= 0.6 is 11.6 Å². The second-order valence-electron chi connectivity index (χ2n) is 3.39. The van der Waals surface area contributed by atoms with Gasteiger partial charge in [-0.15, -0.1) is 0 Å². The third-order valence-corrected chi connectivity index (χ3v) is 2.58. The number of carbonyl (C=O) groups excluding carboxylic acids is 1. The molecule has 1 amide bonds. The Morgan fingerprint density at radius 1 is 1.50 bits per heavy atom. The van der Waals surface area contributed by atoms with Crippen molar-refractivity contribution in [1.29, 1.82) is 5.26 Å². The number of nitriles is 1. The molecule has 1 heterocycles. The smallest absolute Gasteiger partial charge is 0.414 e. The molecule has 4 nitrogen and oxygen atoms in total. The highest BCUT2D eigenvalue weighted by molar-refractivity contribution is 6.31. The zero-order valence-electron chi connectivity index (χ0n) is 8.44. The predicted molar refractivity (Wildman–Crippen MR) is 59.5 cm³/mol. The van der Waals surface area contributed by atoms with Crippen molar-refractivity contribution in [2.24, 2.45) is 0 Å². The minimum Gasteiger partial charge on any atom is -0.449 e. The van der Waals surface area contributed by atoms with Gasteiger partial charge in [0.15, 0.2) is 0 Å². The van der Waals surface area contributed by atoms with E-state index in [9.17, 15) is 4.79 Å².